The molecule has 0 aliphatic rings. The molecule has 0 fully saturated rings. The molecule has 0 spiro atoms. The summed E-state index contributed by atoms with van der Waals surface area (Å²) >= 11 is 0. The van der Waals surface area contributed by atoms with E-state index in [-0.39, 0.29) is 29.4 Å². The Kier molecular flexibility index (Phi) is 21.9. The molecule has 1 N–H and O–H groups in total. The Labute approximate surface area is 303 Å². The quantitative estimate of drug-likeness (QED) is 0.0237. The molecule has 8 nitrogen and oxygen atoms in total. The Bertz CT molecular complexity index is 1610. The zero-order valence-corrected chi connectivity index (χ0v) is 30.4. The van der Waals surface area contributed by atoms with Crippen LogP contribution in [0.25, 0.3) is 0 Å². The Morgan fingerprint density at radius 1 is 0.706 bits per heavy atom. The molecule has 51 heavy (non-hydrogen) atoms. The minimum Gasteiger partial charge on any atom is -0.426 e. The van der Waals surface area contributed by atoms with Crippen molar-refractivity contribution in [3.05, 3.63) is 120 Å². The number of carbonyl (C=O) groups excluding carboxylic acids is 4. The van der Waals surface area contributed by atoms with Crippen LogP contribution in [0.15, 0.2) is 119 Å². The first-order chi connectivity index (χ1) is 24.8. The molecule has 0 aliphatic carbocycles. The normalized spacial score (nSPS) is 11.5. The van der Waals surface area contributed by atoms with Crippen molar-refractivity contribution in [1.82, 2.24) is 5.32 Å². The van der Waals surface area contributed by atoms with Crippen molar-refractivity contribution in [2.75, 3.05) is 0 Å². The van der Waals surface area contributed by atoms with Crippen molar-refractivity contribution in [3.63, 3.8) is 0 Å². The van der Waals surface area contributed by atoms with E-state index in [1.807, 2.05) is 6.08 Å². The van der Waals surface area contributed by atoms with Crippen LogP contribution in [0, 0.1) is 0 Å². The van der Waals surface area contributed by atoms with Crippen LogP contribution in [0.3, 0.4) is 0 Å². The van der Waals surface area contributed by atoms with Gasteiger partial charge in [-0.15, -0.1) is 5.73 Å². The molecule has 2 rings (SSSR count). The van der Waals surface area contributed by atoms with Gasteiger partial charge in [0.05, 0.1) is 16.9 Å². The highest BCUT2D eigenvalue weighted by atomic mass is 16.5. The Morgan fingerprint density at radius 2 is 1.31 bits per heavy atom. The Balaban J connectivity index is 1.78. The lowest BCUT2D eigenvalue weighted by Crippen LogP contribution is -2.30. The molecule has 0 aliphatic heterocycles. The van der Waals surface area contributed by atoms with Gasteiger partial charge in [-0.2, -0.15) is 10.2 Å². The molecule has 0 aromatic heterocycles. The van der Waals surface area contributed by atoms with E-state index in [0.717, 1.165) is 64.2 Å². The zero-order valence-electron chi connectivity index (χ0n) is 30.4. The number of nitrogens with zero attached hydrogens (tertiary/aromatic N) is 2. The van der Waals surface area contributed by atoms with Gasteiger partial charge in [0.1, 0.15) is 5.75 Å². The van der Waals surface area contributed by atoms with Gasteiger partial charge in [0.15, 0.2) is 5.78 Å². The monoisotopic (exact) mass is 691 g/mol. The minimum atomic E-state index is -0.460. The highest BCUT2D eigenvalue weighted by molar-refractivity contribution is 6.04. The molecular weight excluding hydrogens is 638 g/mol. The van der Waals surface area contributed by atoms with E-state index in [4.69, 9.17) is 4.74 Å². The Morgan fingerprint density at radius 3 is 1.96 bits per heavy atom. The van der Waals surface area contributed by atoms with Gasteiger partial charge in [0.2, 0.25) is 5.91 Å². The first-order valence-electron chi connectivity index (χ1n) is 18.0. The number of imide groups is 1. The average molecular weight is 692 g/mol. The van der Waals surface area contributed by atoms with Crippen molar-refractivity contribution < 1.29 is 23.9 Å². The van der Waals surface area contributed by atoms with Crippen LogP contribution < -0.4 is 10.1 Å². The number of ether oxygens (including phenoxy) is 1. The third-order valence-corrected chi connectivity index (χ3v) is 7.44. The van der Waals surface area contributed by atoms with Gasteiger partial charge in [-0.05, 0) is 106 Å². The molecule has 0 saturated heterocycles. The van der Waals surface area contributed by atoms with Gasteiger partial charge in [-0.1, -0.05) is 88.1 Å². The number of nitrogens with one attached hydrogen (secondary N) is 1. The Hall–Kier alpha value is -5.20. The highest BCUT2D eigenvalue weighted by Gasteiger charge is 2.14. The van der Waals surface area contributed by atoms with Crippen molar-refractivity contribution in [2.24, 2.45) is 10.2 Å². The third kappa shape index (κ3) is 19.5. The first-order valence-corrected chi connectivity index (χ1v) is 18.0. The van der Waals surface area contributed by atoms with E-state index in [1.54, 1.807) is 36.4 Å². The largest absolute Gasteiger partial charge is 0.426 e. The molecule has 8 heteroatoms. The van der Waals surface area contributed by atoms with E-state index in [0.29, 0.717) is 29.8 Å². The number of allylic oxidation sites excluding steroid dienone is 9. The van der Waals surface area contributed by atoms with Gasteiger partial charge in [0, 0.05) is 18.4 Å². The second-order valence-electron chi connectivity index (χ2n) is 11.8. The maximum absolute atomic E-state index is 12.5. The summed E-state index contributed by atoms with van der Waals surface area (Å²) in [6.45, 7) is 5.66. The van der Waals surface area contributed by atoms with Crippen molar-refractivity contribution in [1.29, 1.82) is 0 Å². The molecule has 2 aromatic carbocycles. The second-order valence-corrected chi connectivity index (χ2v) is 11.8. The van der Waals surface area contributed by atoms with E-state index in [2.05, 4.69) is 83.7 Å². The smallest absolute Gasteiger partial charge is 0.311 e. The summed E-state index contributed by atoms with van der Waals surface area (Å²) in [6, 6.07) is 11.0. The zero-order chi connectivity index (χ0) is 36.9. The number of Topliss-reactive ketones (excluding diaryl/α,β-unsaturated/α-hetero) is 1. The molecule has 2 aromatic rings. The van der Waals surface area contributed by atoms with Crippen molar-refractivity contribution in [2.45, 2.75) is 104 Å². The fourth-order valence-electron chi connectivity index (χ4n) is 4.63. The third-order valence-electron chi connectivity index (χ3n) is 7.44. The van der Waals surface area contributed by atoms with Crippen molar-refractivity contribution >= 4 is 34.9 Å². The summed E-state index contributed by atoms with van der Waals surface area (Å²) in [7, 11) is 0. The van der Waals surface area contributed by atoms with Crippen LogP contribution in [-0.2, 0) is 9.59 Å². The summed E-state index contributed by atoms with van der Waals surface area (Å²) < 4.78 is 5.48. The van der Waals surface area contributed by atoms with Crippen molar-refractivity contribution in [3.8, 4) is 5.75 Å². The molecule has 2 amide bonds. The number of hydrogen-bond donors (Lipinski definition) is 1. The van der Waals surface area contributed by atoms with E-state index in [9.17, 15) is 19.2 Å². The molecule has 0 unspecified atom stereocenters. The average Bonchev–Trinajstić information content (AvgIpc) is 3.12. The maximum Gasteiger partial charge on any atom is 0.311 e. The van der Waals surface area contributed by atoms with Crippen LogP contribution >= 0.6 is 0 Å². The minimum absolute atomic E-state index is 0.144. The predicted molar refractivity (Wildman–Crippen MR) is 206 cm³/mol. The lowest BCUT2D eigenvalue weighted by Gasteiger charge is -2.08. The fraction of sp³-hybridized carbons (Fsp3) is 0.372. The predicted octanol–water partition coefficient (Wildman–Crippen LogP) is 11.5. The number of carbonyl (C=O) groups is 4. The number of ketones is 1. The lowest BCUT2D eigenvalue weighted by molar-refractivity contribution is -0.134. The SMILES string of the molecule is CC/C=C\C/C=C\C/C=C\C/C=C\CC=C=CCCC(=O)Oc1ccc(N=Nc2ccc(C(=O)NC(=O)CCCCCCC)cc2)cc1C(C)=O. The second kappa shape index (κ2) is 26.6. The number of hydrogen-bond acceptors (Lipinski definition) is 7. The van der Waals surface area contributed by atoms with E-state index in [1.165, 1.54) is 19.1 Å². The summed E-state index contributed by atoms with van der Waals surface area (Å²) in [4.78, 5) is 49.3. The molecule has 0 radical (unpaired) electrons. The van der Waals surface area contributed by atoms with Crippen LogP contribution in [0.1, 0.15) is 125 Å². The van der Waals surface area contributed by atoms with E-state index >= 15 is 0 Å². The topological polar surface area (TPSA) is 114 Å². The first kappa shape index (κ1) is 42.0. The number of amides is 2. The van der Waals surface area contributed by atoms with Crippen LogP contribution in [0.4, 0.5) is 11.4 Å². The molecular formula is C43H53N3O5. The molecule has 0 bridgehead atoms. The fourth-order valence-corrected chi connectivity index (χ4v) is 4.63. The number of azo groups is 1. The van der Waals surface area contributed by atoms with Gasteiger partial charge in [-0.25, -0.2) is 0 Å². The van der Waals surface area contributed by atoms with Crippen LogP contribution in [0.5, 0.6) is 5.75 Å². The number of esters is 1. The number of rotatable bonds is 23. The summed E-state index contributed by atoms with van der Waals surface area (Å²) in [6.07, 6.45) is 31.6. The summed E-state index contributed by atoms with van der Waals surface area (Å²) in [5.41, 5.74) is 4.52. The highest BCUT2D eigenvalue weighted by Crippen LogP contribution is 2.27. The standard InChI is InChI=1S/C43H53N3O5/c1-4-6-8-10-11-12-13-14-15-16-17-18-19-20-21-23-25-27-42(49)51-40-33-32-38(34-39(40)35(3)47)46-45-37-30-28-36(29-31-37)43(50)44-41(48)26-24-22-9-7-5-2/h6,8,11-12,14-15,17-18,20,23,28-34H,4-5,7,9-10,13,16,19,22,24-27H2,1-3H3,(H,44,48,50)/b8-6-,12-11-,15-14-,18-17-,46-45?. The van der Waals surface area contributed by atoms with Gasteiger partial charge >= 0.3 is 5.97 Å². The lowest BCUT2D eigenvalue weighted by atomic mass is 10.1. The molecule has 0 atom stereocenters. The van der Waals surface area contributed by atoms with Gasteiger partial charge in [0.25, 0.3) is 5.91 Å². The van der Waals surface area contributed by atoms with Gasteiger partial charge in [-0.3, -0.25) is 24.5 Å². The summed E-state index contributed by atoms with van der Waals surface area (Å²) in [5.74, 6) is -1.32. The molecule has 0 heterocycles. The summed E-state index contributed by atoms with van der Waals surface area (Å²) in [5, 5.41) is 10.8. The maximum atomic E-state index is 12.5. The van der Waals surface area contributed by atoms with E-state index < -0.39 is 11.9 Å². The van der Waals surface area contributed by atoms with Gasteiger partial charge < -0.3 is 4.74 Å². The molecule has 270 valence electrons. The number of unbranched alkanes of at least 4 members (excludes halogenated alkanes) is 4. The van der Waals surface area contributed by atoms with Crippen LogP contribution in [-0.4, -0.2) is 23.6 Å². The number of benzene rings is 2. The van der Waals surface area contributed by atoms with Crippen LogP contribution in [0.2, 0.25) is 0 Å². The molecule has 0 saturated carbocycles.